The van der Waals surface area contributed by atoms with Crippen molar-refractivity contribution in [2.75, 3.05) is 5.32 Å². The van der Waals surface area contributed by atoms with E-state index in [0.717, 1.165) is 11.4 Å². The van der Waals surface area contributed by atoms with Crippen molar-refractivity contribution < 1.29 is 4.79 Å². The first-order chi connectivity index (χ1) is 10.6. The highest BCUT2D eigenvalue weighted by Crippen LogP contribution is 2.12. The second-order valence-electron chi connectivity index (χ2n) is 4.89. The maximum atomic E-state index is 12.2. The van der Waals surface area contributed by atoms with Gasteiger partial charge in [-0.1, -0.05) is 18.2 Å². The largest absolute Gasteiger partial charge is 0.319 e. The lowest BCUT2D eigenvalue weighted by molar-refractivity contribution is 0.102. The van der Waals surface area contributed by atoms with Crippen molar-refractivity contribution in [1.29, 1.82) is 0 Å². The van der Waals surface area contributed by atoms with Gasteiger partial charge in [0, 0.05) is 18.0 Å². The highest BCUT2D eigenvalue weighted by Gasteiger charge is 2.09. The number of aryl methyl sites for hydroxylation is 2. The Balaban J connectivity index is 1.78. The molecule has 0 fully saturated rings. The Morgan fingerprint density at radius 2 is 1.82 bits per heavy atom. The van der Waals surface area contributed by atoms with Gasteiger partial charge in [0.15, 0.2) is 0 Å². The molecule has 6 nitrogen and oxygen atoms in total. The number of amides is 1. The van der Waals surface area contributed by atoms with Crippen molar-refractivity contribution in [3.63, 3.8) is 0 Å². The van der Waals surface area contributed by atoms with E-state index in [-0.39, 0.29) is 5.91 Å². The molecule has 0 bridgehead atoms. The van der Waals surface area contributed by atoms with Crippen LogP contribution in [0.25, 0.3) is 5.95 Å². The fourth-order valence-electron chi connectivity index (χ4n) is 2.13. The summed E-state index contributed by atoms with van der Waals surface area (Å²) in [5, 5.41) is 2.80. The highest BCUT2D eigenvalue weighted by atomic mass is 16.1. The molecule has 0 aliphatic rings. The smallest absolute Gasteiger partial charge is 0.256 e. The van der Waals surface area contributed by atoms with Crippen LogP contribution in [0, 0.1) is 13.8 Å². The average molecular weight is 293 g/mol. The first-order valence-corrected chi connectivity index (χ1v) is 6.84. The number of anilines is 1. The first kappa shape index (κ1) is 13.9. The number of carbonyl (C=O) groups is 1. The number of imidazole rings is 1. The lowest BCUT2D eigenvalue weighted by Gasteiger charge is -2.08. The molecular weight excluding hydrogens is 278 g/mol. The predicted octanol–water partition coefficient (Wildman–Crippen LogP) is 2.53. The Morgan fingerprint density at radius 3 is 2.45 bits per heavy atom. The molecule has 0 aliphatic heterocycles. The minimum Gasteiger partial charge on any atom is -0.319 e. The van der Waals surface area contributed by atoms with Gasteiger partial charge in [0.25, 0.3) is 5.91 Å². The molecule has 1 amide bonds. The standard InChI is InChI=1S/C16H15N5O/c1-11-5-3-4-6-14(11)15(22)20-13-9-18-16(19-10-13)21-8-7-17-12(21)2/h3-10H,1-2H3,(H,20,22). The number of aromatic nitrogens is 4. The monoisotopic (exact) mass is 293 g/mol. The molecule has 1 N–H and O–H groups in total. The molecule has 0 saturated heterocycles. The Hall–Kier alpha value is -3.02. The van der Waals surface area contributed by atoms with E-state index in [2.05, 4.69) is 20.3 Å². The normalized spacial score (nSPS) is 10.5. The van der Waals surface area contributed by atoms with Crippen LogP contribution in [0.3, 0.4) is 0 Å². The van der Waals surface area contributed by atoms with E-state index >= 15 is 0 Å². The summed E-state index contributed by atoms with van der Waals surface area (Å²) in [6, 6.07) is 7.42. The first-order valence-electron chi connectivity index (χ1n) is 6.84. The molecule has 22 heavy (non-hydrogen) atoms. The van der Waals surface area contributed by atoms with Gasteiger partial charge >= 0.3 is 0 Å². The van der Waals surface area contributed by atoms with Crippen LogP contribution in [-0.4, -0.2) is 25.4 Å². The van der Waals surface area contributed by atoms with Gasteiger partial charge in [-0.15, -0.1) is 0 Å². The fraction of sp³-hybridized carbons (Fsp3) is 0.125. The summed E-state index contributed by atoms with van der Waals surface area (Å²) in [7, 11) is 0. The third kappa shape index (κ3) is 2.71. The quantitative estimate of drug-likeness (QED) is 0.805. The Labute approximate surface area is 127 Å². The van der Waals surface area contributed by atoms with Crippen LogP contribution in [0.2, 0.25) is 0 Å². The van der Waals surface area contributed by atoms with Gasteiger partial charge in [0.1, 0.15) is 5.82 Å². The van der Waals surface area contributed by atoms with E-state index in [1.165, 1.54) is 0 Å². The molecule has 1 aromatic carbocycles. The molecule has 0 spiro atoms. The Morgan fingerprint density at radius 1 is 1.09 bits per heavy atom. The maximum Gasteiger partial charge on any atom is 0.256 e. The number of nitrogens with zero attached hydrogens (tertiary/aromatic N) is 4. The number of benzene rings is 1. The van der Waals surface area contributed by atoms with E-state index < -0.39 is 0 Å². The number of rotatable bonds is 3. The Bertz CT molecular complexity index is 807. The van der Waals surface area contributed by atoms with Crippen LogP contribution in [0.1, 0.15) is 21.7 Å². The molecule has 110 valence electrons. The third-order valence-electron chi connectivity index (χ3n) is 3.33. The lowest BCUT2D eigenvalue weighted by Crippen LogP contribution is -2.14. The molecule has 3 rings (SSSR count). The zero-order chi connectivity index (χ0) is 15.5. The summed E-state index contributed by atoms with van der Waals surface area (Å²) in [6.07, 6.45) is 6.64. The van der Waals surface area contributed by atoms with Crippen molar-refractivity contribution in [3.05, 3.63) is 66.0 Å². The van der Waals surface area contributed by atoms with Crippen LogP contribution >= 0.6 is 0 Å². The predicted molar refractivity (Wildman–Crippen MR) is 83.0 cm³/mol. The van der Waals surface area contributed by atoms with Crippen LogP contribution < -0.4 is 5.32 Å². The lowest BCUT2D eigenvalue weighted by atomic mass is 10.1. The van der Waals surface area contributed by atoms with E-state index in [1.807, 2.05) is 32.0 Å². The summed E-state index contributed by atoms with van der Waals surface area (Å²) in [4.78, 5) is 24.8. The van der Waals surface area contributed by atoms with Crippen molar-refractivity contribution in [2.45, 2.75) is 13.8 Å². The minimum absolute atomic E-state index is 0.173. The molecule has 0 unspecified atom stereocenters. The number of hydrogen-bond donors (Lipinski definition) is 1. The van der Waals surface area contributed by atoms with Gasteiger partial charge in [-0.2, -0.15) is 0 Å². The topological polar surface area (TPSA) is 72.7 Å². The van der Waals surface area contributed by atoms with E-state index in [9.17, 15) is 4.79 Å². The van der Waals surface area contributed by atoms with Crippen molar-refractivity contribution in [1.82, 2.24) is 19.5 Å². The molecular formula is C16H15N5O. The molecule has 2 aromatic heterocycles. The number of carbonyl (C=O) groups excluding carboxylic acids is 1. The van der Waals surface area contributed by atoms with Crippen LogP contribution in [0.4, 0.5) is 5.69 Å². The van der Waals surface area contributed by atoms with Gasteiger partial charge in [0.2, 0.25) is 5.95 Å². The SMILES string of the molecule is Cc1ccccc1C(=O)Nc1cnc(-n2ccnc2C)nc1. The van der Waals surface area contributed by atoms with Crippen LogP contribution in [0.15, 0.2) is 49.1 Å². The summed E-state index contributed by atoms with van der Waals surface area (Å²) in [5.41, 5.74) is 2.11. The maximum absolute atomic E-state index is 12.2. The minimum atomic E-state index is -0.173. The van der Waals surface area contributed by atoms with Gasteiger partial charge < -0.3 is 5.32 Å². The summed E-state index contributed by atoms with van der Waals surface area (Å²) in [6.45, 7) is 3.77. The summed E-state index contributed by atoms with van der Waals surface area (Å²) in [5.74, 6) is 1.15. The van der Waals surface area contributed by atoms with Gasteiger partial charge in [-0.3, -0.25) is 9.36 Å². The van der Waals surface area contributed by atoms with E-state index in [4.69, 9.17) is 0 Å². The van der Waals surface area contributed by atoms with Gasteiger partial charge in [-0.05, 0) is 25.5 Å². The summed E-state index contributed by atoms with van der Waals surface area (Å²) < 4.78 is 1.77. The van der Waals surface area contributed by atoms with Crippen LogP contribution in [0.5, 0.6) is 0 Å². The molecule has 3 aromatic rings. The van der Waals surface area contributed by atoms with Crippen LogP contribution in [-0.2, 0) is 0 Å². The molecule has 0 atom stereocenters. The number of nitrogens with one attached hydrogen (secondary N) is 1. The van der Waals surface area contributed by atoms with E-state index in [0.29, 0.717) is 17.2 Å². The van der Waals surface area contributed by atoms with Crippen molar-refractivity contribution in [2.24, 2.45) is 0 Å². The number of hydrogen-bond acceptors (Lipinski definition) is 4. The zero-order valence-corrected chi connectivity index (χ0v) is 12.3. The average Bonchev–Trinajstić information content (AvgIpc) is 2.94. The molecule has 2 heterocycles. The fourth-order valence-corrected chi connectivity index (χ4v) is 2.13. The van der Waals surface area contributed by atoms with Crippen molar-refractivity contribution >= 4 is 11.6 Å². The highest BCUT2D eigenvalue weighted by molar-refractivity contribution is 6.05. The van der Waals surface area contributed by atoms with Gasteiger partial charge in [0.05, 0.1) is 18.1 Å². The summed E-state index contributed by atoms with van der Waals surface area (Å²) >= 11 is 0. The second kappa shape index (κ2) is 5.77. The molecule has 0 aliphatic carbocycles. The van der Waals surface area contributed by atoms with Gasteiger partial charge in [-0.25, -0.2) is 15.0 Å². The molecule has 0 radical (unpaired) electrons. The zero-order valence-electron chi connectivity index (χ0n) is 12.3. The molecule has 6 heteroatoms. The Kier molecular flexibility index (Phi) is 3.65. The second-order valence-corrected chi connectivity index (χ2v) is 4.89. The van der Waals surface area contributed by atoms with Crippen molar-refractivity contribution in [3.8, 4) is 5.95 Å². The molecule has 0 saturated carbocycles. The third-order valence-corrected chi connectivity index (χ3v) is 3.33. The van der Waals surface area contributed by atoms with E-state index in [1.54, 1.807) is 35.4 Å².